The lowest BCUT2D eigenvalue weighted by molar-refractivity contribution is -0.168. The number of pyridine rings is 1. The fourth-order valence-corrected chi connectivity index (χ4v) is 6.18. The van der Waals surface area contributed by atoms with E-state index in [2.05, 4.69) is 15.5 Å². The molecular weight excluding hydrogens is 512 g/mol. The SMILES string of the molecule is Cc1onc(-c2ccccc2)c1C(=O)NC1C(=O)N2C1SC(C)(C)[C@@H]2C(=O)OCOC(=O)c1cccnc1. The molecule has 2 aromatic heterocycles. The average molecular weight is 537 g/mol. The number of carbonyl (C=O) groups excluding carboxylic acids is 4. The van der Waals surface area contributed by atoms with Crippen molar-refractivity contribution in [2.75, 3.05) is 6.79 Å². The number of aryl methyl sites for hydroxylation is 1. The molecule has 2 aliphatic heterocycles. The van der Waals surface area contributed by atoms with Gasteiger partial charge < -0.3 is 24.2 Å². The van der Waals surface area contributed by atoms with E-state index in [1.54, 1.807) is 13.0 Å². The number of nitrogens with one attached hydrogen (secondary N) is 1. The molecule has 3 atom stereocenters. The number of aromatic nitrogens is 2. The number of fused-ring (bicyclic) bond motifs is 1. The number of esters is 2. The highest BCUT2D eigenvalue weighted by atomic mass is 32.2. The van der Waals surface area contributed by atoms with Gasteiger partial charge in [-0.05, 0) is 32.9 Å². The fourth-order valence-electron chi connectivity index (χ4n) is 4.56. The molecule has 1 N–H and O–H groups in total. The van der Waals surface area contributed by atoms with Crippen LogP contribution in [0.4, 0.5) is 0 Å². The molecule has 12 heteroatoms. The van der Waals surface area contributed by atoms with E-state index in [1.807, 2.05) is 44.2 Å². The summed E-state index contributed by atoms with van der Waals surface area (Å²) >= 11 is 1.38. The van der Waals surface area contributed by atoms with Gasteiger partial charge in [0, 0.05) is 22.7 Å². The van der Waals surface area contributed by atoms with E-state index in [0.717, 1.165) is 0 Å². The number of amides is 2. The van der Waals surface area contributed by atoms with Crippen LogP contribution in [0.25, 0.3) is 11.3 Å². The van der Waals surface area contributed by atoms with Crippen LogP contribution in [0, 0.1) is 6.92 Å². The molecule has 3 aromatic rings. The van der Waals surface area contributed by atoms with E-state index in [9.17, 15) is 19.2 Å². The van der Waals surface area contributed by atoms with Crippen molar-refractivity contribution in [3.8, 4) is 11.3 Å². The second-order valence-corrected chi connectivity index (χ2v) is 11.1. The van der Waals surface area contributed by atoms with Crippen LogP contribution in [0.3, 0.4) is 0 Å². The Morgan fingerprint density at radius 2 is 1.89 bits per heavy atom. The number of hydrogen-bond acceptors (Lipinski definition) is 10. The van der Waals surface area contributed by atoms with E-state index < -0.39 is 52.8 Å². The van der Waals surface area contributed by atoms with Gasteiger partial charge in [-0.3, -0.25) is 14.6 Å². The minimum Gasteiger partial charge on any atom is -0.426 e. The Kier molecular flexibility index (Phi) is 6.66. The van der Waals surface area contributed by atoms with Gasteiger partial charge in [0.05, 0.1) is 5.56 Å². The van der Waals surface area contributed by atoms with Crippen LogP contribution in [0.2, 0.25) is 0 Å². The second-order valence-electron chi connectivity index (χ2n) is 9.29. The summed E-state index contributed by atoms with van der Waals surface area (Å²) in [5, 5.41) is 6.34. The summed E-state index contributed by atoms with van der Waals surface area (Å²) in [6.45, 7) is 4.65. The van der Waals surface area contributed by atoms with Gasteiger partial charge >= 0.3 is 11.9 Å². The summed E-state index contributed by atoms with van der Waals surface area (Å²) in [6.07, 6.45) is 2.85. The molecule has 2 amide bonds. The van der Waals surface area contributed by atoms with Crippen LogP contribution in [-0.4, -0.2) is 67.8 Å². The minimum absolute atomic E-state index is 0.218. The first-order chi connectivity index (χ1) is 18.2. The van der Waals surface area contributed by atoms with E-state index in [-0.39, 0.29) is 11.1 Å². The Bertz CT molecular complexity index is 1390. The standard InChI is InChI=1S/C26H24N4O7S/c1-14-17(18(29-37-14)15-8-5-4-6-9-15)21(31)28-19-22(32)30-20(26(2,3)38-23(19)30)25(34)36-13-35-24(33)16-10-7-11-27-12-16/h4-12,19-20,23H,13H2,1-3H3,(H,28,31)/t19?,20-,23?/m0/s1. The summed E-state index contributed by atoms with van der Waals surface area (Å²) in [5.74, 6) is -1.97. The summed E-state index contributed by atoms with van der Waals surface area (Å²) in [7, 11) is 0. The number of β-lactam (4-membered cyclic amide) rings is 1. The first-order valence-electron chi connectivity index (χ1n) is 11.8. The molecule has 0 saturated carbocycles. The van der Waals surface area contributed by atoms with E-state index in [1.165, 1.54) is 35.1 Å². The van der Waals surface area contributed by atoms with Crippen molar-refractivity contribution in [3.05, 3.63) is 71.7 Å². The molecule has 38 heavy (non-hydrogen) atoms. The molecule has 0 radical (unpaired) electrons. The van der Waals surface area contributed by atoms with Crippen molar-refractivity contribution in [3.63, 3.8) is 0 Å². The fraction of sp³-hybridized carbons (Fsp3) is 0.308. The van der Waals surface area contributed by atoms with Crippen molar-refractivity contribution in [2.45, 2.75) is 43.0 Å². The van der Waals surface area contributed by atoms with Gasteiger partial charge in [-0.25, -0.2) is 9.59 Å². The lowest BCUT2D eigenvalue weighted by Gasteiger charge is -2.43. The minimum atomic E-state index is -0.924. The molecule has 2 saturated heterocycles. The molecule has 4 heterocycles. The van der Waals surface area contributed by atoms with Crippen LogP contribution in [0.1, 0.15) is 40.3 Å². The van der Waals surface area contributed by atoms with Crippen LogP contribution >= 0.6 is 11.8 Å². The van der Waals surface area contributed by atoms with Crippen molar-refractivity contribution < 1.29 is 33.2 Å². The van der Waals surface area contributed by atoms with E-state index >= 15 is 0 Å². The highest BCUT2D eigenvalue weighted by Gasteiger charge is 2.64. The highest BCUT2D eigenvalue weighted by Crippen LogP contribution is 2.51. The quantitative estimate of drug-likeness (QED) is 0.272. The number of benzene rings is 1. The van der Waals surface area contributed by atoms with E-state index in [0.29, 0.717) is 17.0 Å². The van der Waals surface area contributed by atoms with Crippen LogP contribution in [0.15, 0.2) is 59.4 Å². The number of thioether (sulfide) groups is 1. The molecule has 196 valence electrons. The number of ether oxygens (including phenoxy) is 2. The number of hydrogen-bond donors (Lipinski definition) is 1. The monoisotopic (exact) mass is 536 g/mol. The molecule has 0 spiro atoms. The third kappa shape index (κ3) is 4.51. The predicted octanol–water partition coefficient (Wildman–Crippen LogP) is 2.56. The van der Waals surface area contributed by atoms with Gasteiger partial charge in [-0.1, -0.05) is 35.5 Å². The normalized spacial score (nSPS) is 21.3. The van der Waals surface area contributed by atoms with Crippen molar-refractivity contribution in [1.29, 1.82) is 0 Å². The predicted molar refractivity (Wildman–Crippen MR) is 135 cm³/mol. The van der Waals surface area contributed by atoms with Gasteiger partial charge in [-0.2, -0.15) is 0 Å². The lowest BCUT2D eigenvalue weighted by Crippen LogP contribution is -2.70. The van der Waals surface area contributed by atoms with E-state index in [4.69, 9.17) is 14.0 Å². The summed E-state index contributed by atoms with van der Waals surface area (Å²) in [4.78, 5) is 56.6. The Labute approximate surface area is 221 Å². The maximum absolute atomic E-state index is 13.2. The topological polar surface area (TPSA) is 141 Å². The summed E-state index contributed by atoms with van der Waals surface area (Å²) in [5.41, 5.74) is 1.55. The van der Waals surface area contributed by atoms with Gasteiger partial charge in [0.15, 0.2) is 0 Å². The maximum Gasteiger partial charge on any atom is 0.342 e. The molecule has 2 aliphatic rings. The highest BCUT2D eigenvalue weighted by molar-refractivity contribution is 8.01. The Morgan fingerprint density at radius 1 is 1.13 bits per heavy atom. The molecule has 2 fully saturated rings. The van der Waals surface area contributed by atoms with Crippen molar-refractivity contribution >= 4 is 35.5 Å². The van der Waals surface area contributed by atoms with Crippen molar-refractivity contribution in [2.24, 2.45) is 0 Å². The molecule has 1 aromatic carbocycles. The van der Waals surface area contributed by atoms with Gasteiger partial charge in [0.2, 0.25) is 12.7 Å². The largest absolute Gasteiger partial charge is 0.426 e. The first kappa shape index (κ1) is 25.5. The zero-order valence-electron chi connectivity index (χ0n) is 20.7. The number of rotatable bonds is 7. The van der Waals surface area contributed by atoms with Crippen LogP contribution < -0.4 is 5.32 Å². The van der Waals surface area contributed by atoms with Crippen molar-refractivity contribution in [1.82, 2.24) is 20.4 Å². The second kappa shape index (κ2) is 9.93. The molecule has 2 unspecified atom stereocenters. The lowest BCUT2D eigenvalue weighted by atomic mass is 9.95. The van der Waals surface area contributed by atoms with Gasteiger partial charge in [-0.15, -0.1) is 11.8 Å². The van der Waals surface area contributed by atoms with Crippen LogP contribution in [-0.2, 0) is 19.1 Å². The zero-order chi connectivity index (χ0) is 27.0. The first-order valence-corrected chi connectivity index (χ1v) is 12.6. The summed E-state index contributed by atoms with van der Waals surface area (Å²) < 4.78 is 14.8. The Morgan fingerprint density at radius 3 is 2.61 bits per heavy atom. The molecule has 5 rings (SSSR count). The smallest absolute Gasteiger partial charge is 0.342 e. The molecular formula is C26H24N4O7S. The molecule has 11 nitrogen and oxygen atoms in total. The summed E-state index contributed by atoms with van der Waals surface area (Å²) in [6, 6.07) is 10.5. The Balaban J connectivity index is 1.24. The maximum atomic E-state index is 13.2. The van der Waals surface area contributed by atoms with Crippen LogP contribution in [0.5, 0.6) is 0 Å². The number of carbonyl (C=O) groups is 4. The zero-order valence-corrected chi connectivity index (χ0v) is 21.6. The molecule has 0 bridgehead atoms. The third-order valence-corrected chi connectivity index (χ3v) is 7.95. The van der Waals surface area contributed by atoms with Gasteiger partial charge in [0.1, 0.15) is 34.5 Å². The van der Waals surface area contributed by atoms with Gasteiger partial charge in [0.25, 0.3) is 5.91 Å². The average Bonchev–Trinajstić information content (AvgIpc) is 3.42. The third-order valence-electron chi connectivity index (χ3n) is 6.38. The number of nitrogens with zero attached hydrogens (tertiary/aromatic N) is 3. The Hall–Kier alpha value is -4.19. The molecule has 0 aliphatic carbocycles.